The van der Waals surface area contributed by atoms with Gasteiger partial charge in [0.25, 0.3) is 0 Å². The maximum atomic E-state index is 16.8. The Morgan fingerprint density at radius 1 is 1.21 bits per heavy atom. The van der Waals surface area contributed by atoms with Gasteiger partial charge in [-0.1, -0.05) is 11.6 Å². The first-order valence-corrected chi connectivity index (χ1v) is 13.6. The molecule has 3 N–H and O–H groups in total. The molecule has 0 radical (unpaired) electrons. The summed E-state index contributed by atoms with van der Waals surface area (Å²) in [7, 11) is 1.37. The molecule has 14 heteroatoms. The van der Waals surface area contributed by atoms with E-state index in [1.165, 1.54) is 19.4 Å². The van der Waals surface area contributed by atoms with E-state index in [0.29, 0.717) is 27.6 Å². The number of benzene rings is 1. The van der Waals surface area contributed by atoms with Crippen LogP contribution in [0.15, 0.2) is 24.5 Å². The van der Waals surface area contributed by atoms with Gasteiger partial charge in [-0.15, -0.1) is 0 Å². The first-order chi connectivity index (χ1) is 20.2. The molecule has 0 amide bonds. The monoisotopic (exact) mass is 596 g/mol. The Morgan fingerprint density at radius 2 is 2.00 bits per heavy atom. The number of H-pyrrole nitrogens is 1. The van der Waals surface area contributed by atoms with Crippen molar-refractivity contribution in [2.75, 3.05) is 24.4 Å². The van der Waals surface area contributed by atoms with Crippen LogP contribution in [0, 0.1) is 11.6 Å². The molecule has 0 saturated heterocycles. The van der Waals surface area contributed by atoms with Crippen molar-refractivity contribution in [3.05, 3.63) is 52.3 Å². The summed E-state index contributed by atoms with van der Waals surface area (Å²) in [4.78, 5) is 19.4. The molecule has 5 aromatic rings. The van der Waals surface area contributed by atoms with Gasteiger partial charge in [0.2, 0.25) is 5.88 Å². The minimum atomic E-state index is -1.11. The lowest BCUT2D eigenvalue weighted by Crippen LogP contribution is -2.39. The fraction of sp³-hybridized carbons (Fsp3) is 0.321. The summed E-state index contributed by atoms with van der Waals surface area (Å²) in [6.07, 6.45) is 1.72. The van der Waals surface area contributed by atoms with E-state index in [0.717, 1.165) is 6.20 Å². The van der Waals surface area contributed by atoms with Crippen LogP contribution in [-0.2, 0) is 0 Å². The van der Waals surface area contributed by atoms with Crippen LogP contribution >= 0.6 is 11.6 Å². The minimum absolute atomic E-state index is 0.0705. The van der Waals surface area contributed by atoms with Gasteiger partial charge in [-0.3, -0.25) is 5.10 Å². The van der Waals surface area contributed by atoms with Gasteiger partial charge in [0.05, 0.1) is 37.1 Å². The quantitative estimate of drug-likeness (QED) is 0.264. The van der Waals surface area contributed by atoms with Crippen LogP contribution in [0.1, 0.15) is 43.4 Å². The van der Waals surface area contributed by atoms with E-state index in [1.54, 1.807) is 6.07 Å². The number of aromatic nitrogens is 6. The molecule has 4 atom stereocenters. The third kappa shape index (κ3) is 3.97. The smallest absolute Gasteiger partial charge is 0.318 e. The fourth-order valence-electron chi connectivity index (χ4n) is 5.81. The van der Waals surface area contributed by atoms with E-state index >= 15 is 4.39 Å². The number of ether oxygens (including phenoxy) is 2. The minimum Gasteiger partial charge on any atom is -0.475 e. The lowest BCUT2D eigenvalue weighted by molar-refractivity contribution is 0.281. The van der Waals surface area contributed by atoms with Crippen LogP contribution < -0.4 is 20.1 Å². The molecular formula is C28H24ClF3N8O2. The normalized spacial score (nSPS) is 20.5. The number of nitrogens with two attached hydrogens (primary N) is 1. The van der Waals surface area contributed by atoms with Crippen molar-refractivity contribution in [3.8, 4) is 23.1 Å². The summed E-state index contributed by atoms with van der Waals surface area (Å²) in [5.41, 5.74) is 7.61. The molecular weight excluding hydrogens is 573 g/mol. The van der Waals surface area contributed by atoms with Crippen molar-refractivity contribution in [1.29, 1.82) is 0 Å². The molecule has 5 heterocycles. The number of nitrogens with one attached hydrogen (secondary N) is 1. The summed E-state index contributed by atoms with van der Waals surface area (Å²) in [6.45, 7) is 3.79. The molecule has 42 heavy (non-hydrogen) atoms. The highest BCUT2D eigenvalue weighted by Crippen LogP contribution is 2.53. The number of nitrogens with zero attached hydrogens (tertiary/aromatic N) is 6. The Morgan fingerprint density at radius 3 is 2.74 bits per heavy atom. The summed E-state index contributed by atoms with van der Waals surface area (Å²) in [6, 6.07) is 1.91. The van der Waals surface area contributed by atoms with Crippen molar-refractivity contribution < 1.29 is 22.6 Å². The van der Waals surface area contributed by atoms with E-state index in [2.05, 4.69) is 30.1 Å². The number of hydrogen-bond acceptors (Lipinski definition) is 9. The maximum Gasteiger partial charge on any atom is 0.318 e. The van der Waals surface area contributed by atoms with E-state index in [1.807, 2.05) is 18.7 Å². The molecule has 2 unspecified atom stereocenters. The second kappa shape index (κ2) is 9.58. The predicted molar refractivity (Wildman–Crippen MR) is 151 cm³/mol. The van der Waals surface area contributed by atoms with Crippen LogP contribution in [-0.4, -0.2) is 56.1 Å². The van der Waals surface area contributed by atoms with Crippen molar-refractivity contribution in [3.63, 3.8) is 0 Å². The average Bonchev–Trinajstić information content (AvgIpc) is 3.54. The van der Waals surface area contributed by atoms with Gasteiger partial charge in [-0.2, -0.15) is 15.1 Å². The Bertz CT molecular complexity index is 1900. The fourth-order valence-corrected chi connectivity index (χ4v) is 6.15. The standard InChI is InChI=1S/C28H24ClF3N8O2/c1-10-9-42-27-21-24(37-28(41-3)38-26(21)40(10)11(2)13-4-12(30)7-34-25(13)33)22(32)23(36-27)20-15-8-35-39-18(15)6-16(29)19(20)14-5-17(14)31/h4,6-8,10-11,14,17H,5,9H2,1-3H3,(H2,33,34)(H,35,39)/t10-,11?,14?,17+/m0/s1. The molecule has 4 aromatic heterocycles. The number of hydrogen-bond donors (Lipinski definition) is 2. The third-order valence-electron chi connectivity index (χ3n) is 7.92. The molecule has 0 spiro atoms. The first kappa shape index (κ1) is 26.5. The van der Waals surface area contributed by atoms with Gasteiger partial charge in [-0.05, 0) is 38.0 Å². The van der Waals surface area contributed by atoms with Crippen molar-refractivity contribution >= 4 is 45.0 Å². The predicted octanol–water partition coefficient (Wildman–Crippen LogP) is 5.66. The molecule has 2 aliphatic rings. The average molecular weight is 597 g/mol. The van der Waals surface area contributed by atoms with Gasteiger partial charge in [0.1, 0.15) is 46.8 Å². The number of halogens is 4. The molecule has 7 rings (SSSR count). The van der Waals surface area contributed by atoms with E-state index in [-0.39, 0.29) is 64.2 Å². The number of alkyl halides is 1. The summed E-state index contributed by atoms with van der Waals surface area (Å²) >= 11 is 6.63. The number of fused-ring (bicyclic) bond motifs is 1. The zero-order valence-corrected chi connectivity index (χ0v) is 23.4. The Balaban J connectivity index is 1.51. The molecule has 1 aliphatic heterocycles. The topological polar surface area (TPSA) is 128 Å². The highest BCUT2D eigenvalue weighted by atomic mass is 35.5. The van der Waals surface area contributed by atoms with Gasteiger partial charge < -0.3 is 20.1 Å². The Kier molecular flexibility index (Phi) is 6.05. The summed E-state index contributed by atoms with van der Waals surface area (Å²) < 4.78 is 57.0. The van der Waals surface area contributed by atoms with Crippen LogP contribution in [0.4, 0.5) is 24.8 Å². The zero-order chi connectivity index (χ0) is 29.4. The third-order valence-corrected chi connectivity index (χ3v) is 8.23. The number of aromatic amines is 1. The van der Waals surface area contributed by atoms with Gasteiger partial charge in [0, 0.05) is 27.5 Å². The lowest BCUT2D eigenvalue weighted by atomic mass is 9.95. The molecule has 10 nitrogen and oxygen atoms in total. The molecule has 216 valence electrons. The number of methoxy groups -OCH3 is 1. The highest BCUT2D eigenvalue weighted by molar-refractivity contribution is 6.33. The van der Waals surface area contributed by atoms with Crippen molar-refractivity contribution in [2.24, 2.45) is 0 Å². The number of anilines is 2. The molecule has 0 bridgehead atoms. The molecule has 1 fully saturated rings. The zero-order valence-electron chi connectivity index (χ0n) is 22.6. The number of nitrogen functional groups attached to an aromatic ring is 1. The summed E-state index contributed by atoms with van der Waals surface area (Å²) in [5.74, 6) is -1.39. The second-order valence-electron chi connectivity index (χ2n) is 10.5. The highest BCUT2D eigenvalue weighted by Gasteiger charge is 2.43. The van der Waals surface area contributed by atoms with Crippen LogP contribution in [0.5, 0.6) is 11.9 Å². The van der Waals surface area contributed by atoms with E-state index in [9.17, 15) is 8.78 Å². The Labute approximate surface area is 242 Å². The first-order valence-electron chi connectivity index (χ1n) is 13.2. The molecule has 1 aromatic carbocycles. The van der Waals surface area contributed by atoms with Gasteiger partial charge >= 0.3 is 6.01 Å². The van der Waals surface area contributed by atoms with Gasteiger partial charge in [-0.25, -0.2) is 23.1 Å². The van der Waals surface area contributed by atoms with Gasteiger partial charge in [0.15, 0.2) is 5.82 Å². The number of rotatable bonds is 5. The van der Waals surface area contributed by atoms with E-state index in [4.69, 9.17) is 26.8 Å². The van der Waals surface area contributed by atoms with Crippen LogP contribution in [0.3, 0.4) is 0 Å². The SMILES string of the molecule is COc1nc2c3c(nc(-c4c(C5C[C@H]5F)c(Cl)cc5[nH]ncc45)c(F)c3n1)OC[C@H](C)N2C(C)c1cc(F)cnc1N. The van der Waals surface area contributed by atoms with Crippen molar-refractivity contribution in [1.82, 2.24) is 30.1 Å². The molecule has 1 aliphatic carbocycles. The van der Waals surface area contributed by atoms with Crippen molar-refractivity contribution in [2.45, 2.75) is 44.4 Å². The maximum absolute atomic E-state index is 16.8. The van der Waals surface area contributed by atoms with Crippen LogP contribution in [0.25, 0.3) is 33.1 Å². The molecule has 1 saturated carbocycles. The second-order valence-corrected chi connectivity index (χ2v) is 11.0. The summed E-state index contributed by atoms with van der Waals surface area (Å²) in [5, 5.41) is 7.94. The van der Waals surface area contributed by atoms with Crippen LogP contribution in [0.2, 0.25) is 5.02 Å². The largest absolute Gasteiger partial charge is 0.475 e. The number of pyridine rings is 2. The van der Waals surface area contributed by atoms with E-state index < -0.39 is 29.8 Å². The lowest BCUT2D eigenvalue weighted by Gasteiger charge is -2.34. The Hall–Kier alpha value is -4.39.